The maximum Gasteiger partial charge on any atom is 0.226 e. The molecule has 0 bridgehead atoms. The van der Waals surface area contributed by atoms with Gasteiger partial charge >= 0.3 is 0 Å². The van der Waals surface area contributed by atoms with Crippen LogP contribution in [0, 0.1) is 17.7 Å². The van der Waals surface area contributed by atoms with Gasteiger partial charge in [-0.05, 0) is 18.2 Å². The summed E-state index contributed by atoms with van der Waals surface area (Å²) in [7, 11) is 1.50. The molecule has 0 aromatic heterocycles. The molecule has 0 aliphatic heterocycles. The van der Waals surface area contributed by atoms with Crippen LogP contribution in [0.3, 0.4) is 0 Å². The molecule has 4 nitrogen and oxygen atoms in total. The second-order valence-electron chi connectivity index (χ2n) is 3.49. The van der Waals surface area contributed by atoms with Crippen molar-refractivity contribution in [1.29, 1.82) is 0 Å². The molecule has 96 valence electrons. The van der Waals surface area contributed by atoms with Crippen LogP contribution in [0.25, 0.3) is 0 Å². The standard InChI is InChI=1S/C13H15FN2O2/c1-18-8-6-13(17)16-12-5-4-10(3-2-7-15)9-11(12)14/h4-5,9H,6-8,15H2,1H3,(H,16,17). The van der Waals surface area contributed by atoms with Crippen LogP contribution in [0.2, 0.25) is 0 Å². The largest absolute Gasteiger partial charge is 0.384 e. The summed E-state index contributed by atoms with van der Waals surface area (Å²) in [5.41, 5.74) is 5.88. The Morgan fingerprint density at radius 1 is 1.56 bits per heavy atom. The molecule has 1 aromatic rings. The van der Waals surface area contributed by atoms with Crippen LogP contribution < -0.4 is 11.1 Å². The van der Waals surface area contributed by atoms with E-state index in [1.807, 2.05) is 0 Å². The Kier molecular flexibility index (Phi) is 5.85. The predicted molar refractivity (Wildman–Crippen MR) is 67.5 cm³/mol. The van der Waals surface area contributed by atoms with E-state index < -0.39 is 5.82 Å². The average molecular weight is 250 g/mol. The number of hydrogen-bond acceptors (Lipinski definition) is 3. The summed E-state index contributed by atoms with van der Waals surface area (Å²) in [6.07, 6.45) is 0.185. The first-order chi connectivity index (χ1) is 8.67. The fourth-order valence-electron chi connectivity index (χ4n) is 1.25. The monoisotopic (exact) mass is 250 g/mol. The molecule has 1 rings (SSSR count). The second kappa shape index (κ2) is 7.43. The van der Waals surface area contributed by atoms with Crippen LogP contribution in [0.1, 0.15) is 12.0 Å². The van der Waals surface area contributed by atoms with Crippen molar-refractivity contribution in [3.8, 4) is 11.8 Å². The molecule has 1 aromatic carbocycles. The number of nitrogens with two attached hydrogens (primary N) is 1. The molecule has 0 saturated carbocycles. The quantitative estimate of drug-likeness (QED) is 0.787. The zero-order chi connectivity index (χ0) is 13.4. The van der Waals surface area contributed by atoms with E-state index in [0.717, 1.165) is 0 Å². The van der Waals surface area contributed by atoms with Gasteiger partial charge in [-0.15, -0.1) is 0 Å². The summed E-state index contributed by atoms with van der Waals surface area (Å²) in [5, 5.41) is 2.46. The zero-order valence-corrected chi connectivity index (χ0v) is 10.1. The van der Waals surface area contributed by atoms with Crippen molar-refractivity contribution in [3.63, 3.8) is 0 Å². The van der Waals surface area contributed by atoms with Crippen LogP contribution in [0.15, 0.2) is 18.2 Å². The molecule has 1 amide bonds. The number of anilines is 1. The lowest BCUT2D eigenvalue weighted by molar-refractivity contribution is -0.117. The first-order valence-electron chi connectivity index (χ1n) is 5.44. The van der Waals surface area contributed by atoms with Gasteiger partial charge in [0, 0.05) is 12.7 Å². The van der Waals surface area contributed by atoms with Crippen LogP contribution >= 0.6 is 0 Å². The molecule has 0 spiro atoms. The van der Waals surface area contributed by atoms with Crippen LogP contribution in [0.5, 0.6) is 0 Å². The topological polar surface area (TPSA) is 64.3 Å². The van der Waals surface area contributed by atoms with E-state index >= 15 is 0 Å². The summed E-state index contributed by atoms with van der Waals surface area (Å²) >= 11 is 0. The van der Waals surface area contributed by atoms with Crippen molar-refractivity contribution < 1.29 is 13.9 Å². The number of carbonyl (C=O) groups excluding carboxylic acids is 1. The lowest BCUT2D eigenvalue weighted by Gasteiger charge is -2.06. The summed E-state index contributed by atoms with van der Waals surface area (Å²) in [5.74, 6) is 4.52. The number of hydrogen-bond donors (Lipinski definition) is 2. The average Bonchev–Trinajstić information content (AvgIpc) is 2.36. The number of rotatable bonds is 4. The van der Waals surface area contributed by atoms with E-state index in [4.69, 9.17) is 10.5 Å². The summed E-state index contributed by atoms with van der Waals surface area (Å²) in [6, 6.07) is 4.35. The molecule has 18 heavy (non-hydrogen) atoms. The third-order valence-corrected chi connectivity index (χ3v) is 2.11. The number of nitrogens with one attached hydrogen (secondary N) is 1. The van der Waals surface area contributed by atoms with E-state index in [9.17, 15) is 9.18 Å². The molecular weight excluding hydrogens is 235 g/mol. The van der Waals surface area contributed by atoms with Crippen molar-refractivity contribution in [3.05, 3.63) is 29.6 Å². The molecule has 5 heteroatoms. The lowest BCUT2D eigenvalue weighted by atomic mass is 10.2. The molecule has 0 saturated heterocycles. The minimum absolute atomic E-state index is 0.134. The molecule has 0 aliphatic carbocycles. The lowest BCUT2D eigenvalue weighted by Crippen LogP contribution is -2.14. The fraction of sp³-hybridized carbons (Fsp3) is 0.308. The van der Waals surface area contributed by atoms with Gasteiger partial charge < -0.3 is 15.8 Å². The van der Waals surface area contributed by atoms with Gasteiger partial charge in [0.1, 0.15) is 5.82 Å². The Balaban J connectivity index is 2.70. The summed E-state index contributed by atoms with van der Waals surface area (Å²) in [4.78, 5) is 11.4. The summed E-state index contributed by atoms with van der Waals surface area (Å²) < 4.78 is 18.4. The normalized spacial score (nSPS) is 9.50. The predicted octanol–water partition coefficient (Wildman–Crippen LogP) is 1.11. The fourth-order valence-corrected chi connectivity index (χ4v) is 1.25. The Morgan fingerprint density at radius 3 is 2.94 bits per heavy atom. The minimum atomic E-state index is -0.524. The van der Waals surface area contributed by atoms with Crippen molar-refractivity contribution in [2.24, 2.45) is 5.73 Å². The number of amides is 1. The van der Waals surface area contributed by atoms with Gasteiger partial charge in [0.15, 0.2) is 0 Å². The number of benzene rings is 1. The van der Waals surface area contributed by atoms with Gasteiger partial charge in [-0.2, -0.15) is 0 Å². The zero-order valence-electron chi connectivity index (χ0n) is 10.1. The SMILES string of the molecule is COCCC(=O)Nc1ccc(C#CCN)cc1F. The van der Waals surface area contributed by atoms with E-state index in [0.29, 0.717) is 12.2 Å². The molecular formula is C13H15FN2O2. The Bertz CT molecular complexity index is 478. The highest BCUT2D eigenvalue weighted by atomic mass is 19.1. The maximum atomic E-state index is 13.6. The van der Waals surface area contributed by atoms with Gasteiger partial charge in [0.2, 0.25) is 5.91 Å². The van der Waals surface area contributed by atoms with Crippen molar-refractivity contribution in [1.82, 2.24) is 0 Å². The van der Waals surface area contributed by atoms with E-state index in [1.54, 1.807) is 6.07 Å². The number of carbonyl (C=O) groups is 1. The first-order valence-corrected chi connectivity index (χ1v) is 5.44. The molecule has 3 N–H and O–H groups in total. The minimum Gasteiger partial charge on any atom is -0.384 e. The van der Waals surface area contributed by atoms with E-state index in [2.05, 4.69) is 17.2 Å². The number of halogens is 1. The van der Waals surface area contributed by atoms with Crippen molar-refractivity contribution in [2.75, 3.05) is 25.6 Å². The third-order valence-electron chi connectivity index (χ3n) is 2.11. The van der Waals surface area contributed by atoms with Gasteiger partial charge in [-0.1, -0.05) is 11.8 Å². The van der Waals surface area contributed by atoms with Crippen LogP contribution in [-0.2, 0) is 9.53 Å². The van der Waals surface area contributed by atoms with Gasteiger partial charge in [-0.25, -0.2) is 4.39 Å². The number of methoxy groups -OCH3 is 1. The molecule has 0 fully saturated rings. The van der Waals surface area contributed by atoms with Crippen LogP contribution in [0.4, 0.5) is 10.1 Å². The Morgan fingerprint density at radius 2 is 2.33 bits per heavy atom. The highest BCUT2D eigenvalue weighted by molar-refractivity contribution is 5.90. The first kappa shape index (κ1) is 14.2. The smallest absolute Gasteiger partial charge is 0.226 e. The molecule has 0 unspecified atom stereocenters. The molecule has 0 radical (unpaired) electrons. The highest BCUT2D eigenvalue weighted by Gasteiger charge is 2.06. The van der Waals surface area contributed by atoms with Crippen molar-refractivity contribution >= 4 is 11.6 Å². The molecule has 0 aliphatic rings. The maximum absolute atomic E-state index is 13.6. The Labute approximate surface area is 105 Å². The van der Waals surface area contributed by atoms with Gasteiger partial charge in [0.05, 0.1) is 25.3 Å². The number of ether oxygens (including phenoxy) is 1. The third kappa shape index (κ3) is 4.53. The van der Waals surface area contributed by atoms with Gasteiger partial charge in [-0.3, -0.25) is 4.79 Å². The van der Waals surface area contributed by atoms with E-state index in [1.165, 1.54) is 19.2 Å². The van der Waals surface area contributed by atoms with Gasteiger partial charge in [0.25, 0.3) is 0 Å². The van der Waals surface area contributed by atoms with Crippen LogP contribution in [-0.4, -0.2) is 26.2 Å². The Hall–Kier alpha value is -1.90. The van der Waals surface area contributed by atoms with E-state index in [-0.39, 0.29) is 24.6 Å². The highest BCUT2D eigenvalue weighted by Crippen LogP contribution is 2.15. The molecule has 0 atom stereocenters. The molecule has 0 heterocycles. The second-order valence-corrected chi connectivity index (χ2v) is 3.49. The van der Waals surface area contributed by atoms with Crippen molar-refractivity contribution in [2.45, 2.75) is 6.42 Å². The summed E-state index contributed by atoms with van der Waals surface area (Å²) in [6.45, 7) is 0.518.